The lowest BCUT2D eigenvalue weighted by Gasteiger charge is -2.26. The smallest absolute Gasteiger partial charge is 0.335 e. The first-order valence-electron chi connectivity index (χ1n) is 10.4. The lowest BCUT2D eigenvalue weighted by Crippen LogP contribution is -2.54. The molecule has 0 radical (unpaired) electrons. The monoisotopic (exact) mass is 425 g/mol. The molecule has 1 aromatic heterocycles. The molecule has 0 N–H and O–H groups in total. The van der Waals surface area contributed by atoms with Gasteiger partial charge in [0.15, 0.2) is 6.54 Å². The Balaban J connectivity index is 1.56. The van der Waals surface area contributed by atoms with E-state index in [4.69, 9.17) is 4.52 Å². The number of allylic oxidation sites excluding steroid dienone is 3. The first-order valence-corrected chi connectivity index (χ1v) is 10.4. The van der Waals surface area contributed by atoms with Gasteiger partial charge in [-0.25, -0.2) is 4.79 Å². The van der Waals surface area contributed by atoms with Crippen LogP contribution in [0.3, 0.4) is 0 Å². The highest BCUT2D eigenvalue weighted by Gasteiger charge is 2.48. The van der Waals surface area contributed by atoms with Crippen LogP contribution < -0.4 is 4.90 Å². The van der Waals surface area contributed by atoms with Crippen LogP contribution in [0.15, 0.2) is 77.4 Å². The number of hydrogen-bond donors (Lipinski definition) is 0. The van der Waals surface area contributed by atoms with Gasteiger partial charge >= 0.3 is 11.9 Å². The van der Waals surface area contributed by atoms with Crippen LogP contribution in [0, 0.1) is 19.8 Å². The molecule has 7 nitrogen and oxygen atoms in total. The van der Waals surface area contributed by atoms with Crippen LogP contribution in [0.25, 0.3) is 11.4 Å². The Morgan fingerprint density at radius 2 is 1.88 bits per heavy atom. The summed E-state index contributed by atoms with van der Waals surface area (Å²) < 4.78 is 6.98. The molecule has 3 aromatic rings. The topological polar surface area (TPSA) is 79.3 Å². The van der Waals surface area contributed by atoms with Crippen LogP contribution in [0.2, 0.25) is 0 Å². The van der Waals surface area contributed by atoms with Crippen LogP contribution in [0.4, 0.5) is 10.5 Å². The molecule has 1 unspecified atom stereocenters. The van der Waals surface area contributed by atoms with Crippen molar-refractivity contribution in [1.29, 1.82) is 0 Å². The summed E-state index contributed by atoms with van der Waals surface area (Å²) in [7, 11) is 0. The Morgan fingerprint density at radius 1 is 1.06 bits per heavy atom. The number of amides is 3. The lowest BCUT2D eigenvalue weighted by atomic mass is 9.94. The quantitative estimate of drug-likeness (QED) is 0.585. The average molecular weight is 425 g/mol. The zero-order chi connectivity index (χ0) is 22.2. The number of urea groups is 1. The molecule has 158 valence electrons. The fourth-order valence-electron chi connectivity index (χ4n) is 3.96. The van der Waals surface area contributed by atoms with E-state index >= 15 is 0 Å². The molecule has 1 atom stereocenters. The third kappa shape index (κ3) is 3.37. The van der Waals surface area contributed by atoms with Crippen LogP contribution in [-0.2, 0) is 11.3 Å². The van der Waals surface area contributed by atoms with E-state index < -0.39 is 11.9 Å². The van der Waals surface area contributed by atoms with Crippen LogP contribution in [-0.4, -0.2) is 32.4 Å². The minimum absolute atomic E-state index is 0.0668. The molecule has 3 amide bonds. The minimum atomic E-state index is -0.561. The van der Waals surface area contributed by atoms with Gasteiger partial charge in [0.05, 0.1) is 0 Å². The predicted octanol–water partition coefficient (Wildman–Crippen LogP) is 4.22. The number of carbonyl (C=O) groups excluding carboxylic acids is 2. The van der Waals surface area contributed by atoms with E-state index in [2.05, 4.69) is 10.1 Å². The SMILES string of the molecule is Cc1ccc(C)c(N2C(=O)C3C=CC=CC3=[N+](Cc3nc(-c4ccccc4)no3)C2=O)c1. The Kier molecular flexibility index (Phi) is 4.86. The highest BCUT2D eigenvalue weighted by atomic mass is 16.5. The maximum absolute atomic E-state index is 13.6. The Labute approximate surface area is 185 Å². The molecule has 7 heteroatoms. The van der Waals surface area contributed by atoms with Gasteiger partial charge in [0.2, 0.25) is 5.82 Å². The molecule has 0 spiro atoms. The van der Waals surface area contributed by atoms with Crippen molar-refractivity contribution < 1.29 is 18.7 Å². The third-order valence-electron chi connectivity index (χ3n) is 5.62. The molecule has 0 saturated heterocycles. The number of carbonyl (C=O) groups is 2. The molecule has 1 aliphatic heterocycles. The summed E-state index contributed by atoms with van der Waals surface area (Å²) >= 11 is 0. The number of aromatic nitrogens is 2. The summed E-state index contributed by atoms with van der Waals surface area (Å²) in [6.07, 6.45) is 7.23. The molecule has 0 bridgehead atoms. The largest absolute Gasteiger partial charge is 0.506 e. The van der Waals surface area contributed by atoms with Crippen LogP contribution >= 0.6 is 0 Å². The second-order valence-electron chi connectivity index (χ2n) is 7.86. The van der Waals surface area contributed by atoms with E-state index in [9.17, 15) is 9.59 Å². The van der Waals surface area contributed by atoms with Crippen molar-refractivity contribution in [2.24, 2.45) is 5.92 Å². The first kappa shape index (κ1) is 19.8. The van der Waals surface area contributed by atoms with Gasteiger partial charge in [-0.2, -0.15) is 14.4 Å². The first-order chi connectivity index (χ1) is 15.5. The minimum Gasteiger partial charge on any atom is -0.335 e. The van der Waals surface area contributed by atoms with E-state index in [0.29, 0.717) is 23.1 Å². The van der Waals surface area contributed by atoms with Gasteiger partial charge < -0.3 is 4.52 Å². The number of hydrogen-bond acceptors (Lipinski definition) is 5. The number of rotatable bonds is 4. The molecule has 2 aliphatic rings. The second-order valence-corrected chi connectivity index (χ2v) is 7.86. The number of aryl methyl sites for hydroxylation is 2. The number of anilines is 1. The highest BCUT2D eigenvalue weighted by Crippen LogP contribution is 2.29. The summed E-state index contributed by atoms with van der Waals surface area (Å²) in [5, 5.41) is 4.05. The summed E-state index contributed by atoms with van der Waals surface area (Å²) in [5.41, 5.74) is 3.83. The number of benzene rings is 2. The molecule has 0 fully saturated rings. The molecule has 2 aromatic carbocycles. The Morgan fingerprint density at radius 3 is 2.69 bits per heavy atom. The third-order valence-corrected chi connectivity index (χ3v) is 5.62. The fourth-order valence-corrected chi connectivity index (χ4v) is 3.96. The maximum atomic E-state index is 13.6. The van der Waals surface area contributed by atoms with Gasteiger partial charge in [0.25, 0.3) is 5.89 Å². The van der Waals surface area contributed by atoms with E-state index in [1.165, 1.54) is 9.48 Å². The van der Waals surface area contributed by atoms with Crippen molar-refractivity contribution in [2.75, 3.05) is 4.90 Å². The van der Waals surface area contributed by atoms with Gasteiger partial charge in [0, 0.05) is 5.56 Å². The van der Waals surface area contributed by atoms with Gasteiger partial charge in [-0.15, -0.1) is 4.90 Å². The predicted molar refractivity (Wildman–Crippen MR) is 119 cm³/mol. The molecular formula is C25H21N4O3+. The molecule has 1 aliphatic carbocycles. The Hall–Kier alpha value is -4.13. The van der Waals surface area contributed by atoms with Crippen molar-refractivity contribution in [2.45, 2.75) is 20.4 Å². The summed E-state index contributed by atoms with van der Waals surface area (Å²) in [4.78, 5) is 32.7. The average Bonchev–Trinajstić information content (AvgIpc) is 3.28. The maximum Gasteiger partial charge on any atom is 0.506 e. The molecule has 0 saturated carbocycles. The molecular weight excluding hydrogens is 404 g/mol. The van der Waals surface area contributed by atoms with Crippen molar-refractivity contribution in [3.63, 3.8) is 0 Å². The number of imide groups is 1. The van der Waals surface area contributed by atoms with Crippen molar-refractivity contribution in [1.82, 2.24) is 10.1 Å². The van der Waals surface area contributed by atoms with Gasteiger partial charge in [-0.1, -0.05) is 65.8 Å². The van der Waals surface area contributed by atoms with Crippen LogP contribution in [0.1, 0.15) is 17.0 Å². The number of fused-ring (bicyclic) bond motifs is 1. The van der Waals surface area contributed by atoms with Crippen molar-refractivity contribution in [3.05, 3.63) is 89.9 Å². The van der Waals surface area contributed by atoms with Gasteiger partial charge in [0.1, 0.15) is 17.3 Å². The summed E-state index contributed by atoms with van der Waals surface area (Å²) in [6, 6.07) is 14.8. The van der Waals surface area contributed by atoms with Crippen molar-refractivity contribution >= 4 is 23.3 Å². The summed E-state index contributed by atoms with van der Waals surface area (Å²) in [5.74, 6) is -0.0880. The molecule has 2 heterocycles. The van der Waals surface area contributed by atoms with Crippen LogP contribution in [0.5, 0.6) is 0 Å². The molecule has 32 heavy (non-hydrogen) atoms. The van der Waals surface area contributed by atoms with E-state index in [1.54, 1.807) is 12.2 Å². The number of nitrogens with zero attached hydrogens (tertiary/aromatic N) is 4. The highest BCUT2D eigenvalue weighted by molar-refractivity contribution is 6.26. The van der Waals surface area contributed by atoms with E-state index in [0.717, 1.165) is 16.7 Å². The van der Waals surface area contributed by atoms with E-state index in [1.807, 2.05) is 74.5 Å². The zero-order valence-corrected chi connectivity index (χ0v) is 17.7. The zero-order valence-electron chi connectivity index (χ0n) is 17.7. The fraction of sp³-hybridized carbons (Fsp3) is 0.160. The van der Waals surface area contributed by atoms with E-state index in [-0.39, 0.29) is 12.5 Å². The Bertz CT molecular complexity index is 1320. The van der Waals surface area contributed by atoms with Gasteiger partial charge in [-0.3, -0.25) is 0 Å². The van der Waals surface area contributed by atoms with Gasteiger partial charge in [-0.05, 0) is 37.1 Å². The standard InChI is InChI=1S/C25H21N4O3/c1-16-12-13-17(2)21(14-16)29-24(30)19-10-6-7-11-20(19)28(25(29)31)15-22-26-23(27-32-22)18-8-4-3-5-9-18/h3-14,19H,15H2,1-2H3/q+1. The van der Waals surface area contributed by atoms with Crippen molar-refractivity contribution in [3.8, 4) is 11.4 Å². The second kappa shape index (κ2) is 7.85. The molecule has 5 rings (SSSR count). The lowest BCUT2D eigenvalue weighted by molar-refractivity contribution is -0.449. The normalized spacial score (nSPS) is 17.8. The summed E-state index contributed by atoms with van der Waals surface area (Å²) in [6.45, 7) is 3.89.